The number of aryl methyl sites for hydroxylation is 1. The third-order valence-corrected chi connectivity index (χ3v) is 3.70. The molecule has 0 fully saturated rings. The summed E-state index contributed by atoms with van der Waals surface area (Å²) in [4.78, 5) is 30.4. The van der Waals surface area contributed by atoms with Crippen LogP contribution in [-0.4, -0.2) is 24.9 Å². The van der Waals surface area contributed by atoms with Gasteiger partial charge >= 0.3 is 5.69 Å². The Morgan fingerprint density at radius 2 is 2.20 bits per heavy atom. The molecule has 0 saturated heterocycles. The monoisotopic (exact) mass is 292 g/mol. The minimum absolute atomic E-state index is 0.381. The number of fused-ring (bicyclic) bond motifs is 1. The van der Waals surface area contributed by atoms with E-state index in [1.165, 1.54) is 16.3 Å². The van der Waals surface area contributed by atoms with Gasteiger partial charge in [-0.1, -0.05) is 30.0 Å². The van der Waals surface area contributed by atoms with Gasteiger partial charge in [0.1, 0.15) is 0 Å². The fourth-order valence-corrected chi connectivity index (χ4v) is 2.60. The van der Waals surface area contributed by atoms with Gasteiger partial charge in [0.05, 0.1) is 0 Å². The van der Waals surface area contributed by atoms with Gasteiger partial charge in [-0.2, -0.15) is 0 Å². The number of H-pyrrole nitrogens is 1. The molecular formula is C13H16N4O2S. The van der Waals surface area contributed by atoms with Crippen molar-refractivity contribution in [3.8, 4) is 0 Å². The van der Waals surface area contributed by atoms with Gasteiger partial charge in [0.25, 0.3) is 5.56 Å². The molecule has 0 aliphatic carbocycles. The summed E-state index contributed by atoms with van der Waals surface area (Å²) in [5.41, 5.74) is 0.774. The summed E-state index contributed by atoms with van der Waals surface area (Å²) >= 11 is 1.46. The number of allylic oxidation sites excluding steroid dienone is 1. The van der Waals surface area contributed by atoms with Crippen LogP contribution in [-0.2, 0) is 13.6 Å². The number of nitrogens with zero attached hydrogens (tertiary/aromatic N) is 3. The average molecular weight is 292 g/mol. The minimum atomic E-state index is -0.470. The summed E-state index contributed by atoms with van der Waals surface area (Å²) < 4.78 is 3.12. The largest absolute Gasteiger partial charge is 0.329 e. The molecule has 2 heterocycles. The summed E-state index contributed by atoms with van der Waals surface area (Å²) in [5.74, 6) is 0.672. The normalized spacial score (nSPS) is 10.9. The molecule has 0 saturated carbocycles. The molecule has 0 aliphatic heterocycles. The van der Waals surface area contributed by atoms with E-state index in [0.717, 1.165) is 5.57 Å². The number of hydrogen-bond donors (Lipinski definition) is 1. The van der Waals surface area contributed by atoms with Crippen LogP contribution in [0.2, 0.25) is 0 Å². The van der Waals surface area contributed by atoms with Crippen LogP contribution in [0, 0.1) is 0 Å². The van der Waals surface area contributed by atoms with E-state index in [1.54, 1.807) is 17.7 Å². The van der Waals surface area contributed by atoms with E-state index in [0.29, 0.717) is 28.6 Å². The summed E-state index contributed by atoms with van der Waals surface area (Å²) in [6.07, 6.45) is 1.76. The Hall–Kier alpha value is -2.02. The van der Waals surface area contributed by atoms with Crippen molar-refractivity contribution in [3.63, 3.8) is 0 Å². The molecule has 0 aromatic carbocycles. The SMILES string of the molecule is C=CCSc1nc2c(c(=O)[nH]c(=O)n2C)n1CC(=C)C. The van der Waals surface area contributed by atoms with Crippen molar-refractivity contribution in [2.24, 2.45) is 7.05 Å². The van der Waals surface area contributed by atoms with Crippen LogP contribution in [0.3, 0.4) is 0 Å². The molecule has 20 heavy (non-hydrogen) atoms. The van der Waals surface area contributed by atoms with E-state index in [9.17, 15) is 9.59 Å². The first-order valence-corrected chi connectivity index (χ1v) is 7.02. The zero-order chi connectivity index (χ0) is 14.9. The van der Waals surface area contributed by atoms with Gasteiger partial charge in [0, 0.05) is 19.3 Å². The molecular weight excluding hydrogens is 276 g/mol. The highest BCUT2D eigenvalue weighted by Crippen LogP contribution is 2.22. The van der Waals surface area contributed by atoms with E-state index < -0.39 is 11.2 Å². The van der Waals surface area contributed by atoms with Crippen LogP contribution in [0.15, 0.2) is 39.6 Å². The third-order valence-electron chi connectivity index (χ3n) is 2.73. The third kappa shape index (κ3) is 2.49. The van der Waals surface area contributed by atoms with E-state index >= 15 is 0 Å². The highest BCUT2D eigenvalue weighted by molar-refractivity contribution is 7.99. The predicted octanol–water partition coefficient (Wildman–Crippen LogP) is 1.28. The number of nitrogens with one attached hydrogen (secondary N) is 1. The van der Waals surface area contributed by atoms with Gasteiger partial charge in [-0.25, -0.2) is 9.78 Å². The number of rotatable bonds is 5. The fraction of sp³-hybridized carbons (Fsp3) is 0.308. The summed E-state index contributed by atoms with van der Waals surface area (Å²) in [6, 6.07) is 0. The first kappa shape index (κ1) is 14.4. The van der Waals surface area contributed by atoms with Crippen molar-refractivity contribution >= 4 is 22.9 Å². The van der Waals surface area contributed by atoms with Crippen molar-refractivity contribution in [2.75, 3.05) is 5.75 Å². The van der Waals surface area contributed by atoms with Gasteiger partial charge in [-0.3, -0.25) is 14.3 Å². The quantitative estimate of drug-likeness (QED) is 0.665. The smallest absolute Gasteiger partial charge is 0.309 e. The van der Waals surface area contributed by atoms with Gasteiger partial charge in [0.15, 0.2) is 16.3 Å². The molecule has 0 aliphatic rings. The molecule has 2 aromatic rings. The molecule has 0 bridgehead atoms. The molecule has 0 radical (unpaired) electrons. The first-order chi connectivity index (χ1) is 9.45. The summed E-state index contributed by atoms with van der Waals surface area (Å²) in [7, 11) is 1.58. The zero-order valence-electron chi connectivity index (χ0n) is 11.5. The Kier molecular flexibility index (Phi) is 3.99. The summed E-state index contributed by atoms with van der Waals surface area (Å²) in [6.45, 7) is 9.90. The Bertz CT molecular complexity index is 797. The molecule has 0 amide bonds. The van der Waals surface area contributed by atoms with Crippen molar-refractivity contribution < 1.29 is 0 Å². The van der Waals surface area contributed by atoms with Crippen LogP contribution in [0.5, 0.6) is 0 Å². The first-order valence-electron chi connectivity index (χ1n) is 6.03. The molecule has 2 rings (SSSR count). The topological polar surface area (TPSA) is 72.7 Å². The molecule has 6 nitrogen and oxygen atoms in total. The van der Waals surface area contributed by atoms with Crippen LogP contribution in [0.4, 0.5) is 0 Å². The average Bonchev–Trinajstić information content (AvgIpc) is 2.72. The molecule has 7 heteroatoms. The van der Waals surface area contributed by atoms with Crippen molar-refractivity contribution in [1.82, 2.24) is 19.1 Å². The maximum Gasteiger partial charge on any atom is 0.329 e. The Labute approximate surface area is 119 Å². The fourth-order valence-electron chi connectivity index (χ4n) is 1.87. The van der Waals surface area contributed by atoms with E-state index in [1.807, 2.05) is 6.92 Å². The predicted molar refractivity (Wildman–Crippen MR) is 81.3 cm³/mol. The highest BCUT2D eigenvalue weighted by Gasteiger charge is 2.17. The maximum absolute atomic E-state index is 12.1. The number of aromatic nitrogens is 4. The number of aromatic amines is 1. The molecule has 0 atom stereocenters. The summed E-state index contributed by atoms with van der Waals surface area (Å²) in [5, 5.41) is 0.676. The Morgan fingerprint density at radius 1 is 1.50 bits per heavy atom. The lowest BCUT2D eigenvalue weighted by Gasteiger charge is -2.07. The number of hydrogen-bond acceptors (Lipinski definition) is 4. The number of imidazole rings is 1. The van der Waals surface area contributed by atoms with Crippen LogP contribution in [0.1, 0.15) is 6.92 Å². The van der Waals surface area contributed by atoms with Crippen LogP contribution in [0.25, 0.3) is 11.2 Å². The van der Waals surface area contributed by atoms with E-state index in [2.05, 4.69) is 23.1 Å². The second-order valence-electron chi connectivity index (χ2n) is 4.53. The minimum Gasteiger partial charge on any atom is -0.309 e. The van der Waals surface area contributed by atoms with Gasteiger partial charge < -0.3 is 4.57 Å². The maximum atomic E-state index is 12.1. The van der Waals surface area contributed by atoms with Gasteiger partial charge in [-0.05, 0) is 6.92 Å². The lowest BCUT2D eigenvalue weighted by molar-refractivity contribution is 0.719. The molecule has 1 N–H and O–H groups in total. The zero-order valence-corrected chi connectivity index (χ0v) is 12.3. The molecule has 2 aromatic heterocycles. The Balaban J connectivity index is 2.78. The molecule has 106 valence electrons. The highest BCUT2D eigenvalue weighted by atomic mass is 32.2. The van der Waals surface area contributed by atoms with Crippen molar-refractivity contribution in [3.05, 3.63) is 45.6 Å². The van der Waals surface area contributed by atoms with Gasteiger partial charge in [0.2, 0.25) is 0 Å². The lowest BCUT2D eigenvalue weighted by Crippen LogP contribution is -2.29. The Morgan fingerprint density at radius 3 is 2.80 bits per heavy atom. The standard InChI is InChI=1S/C13H16N4O2S/c1-5-6-20-13-14-10-9(17(13)7-8(2)3)11(18)15-12(19)16(10)4/h5H,1-2,6-7H2,3-4H3,(H,15,18,19). The van der Waals surface area contributed by atoms with E-state index in [4.69, 9.17) is 0 Å². The van der Waals surface area contributed by atoms with Crippen molar-refractivity contribution in [1.29, 1.82) is 0 Å². The number of thioether (sulfide) groups is 1. The van der Waals surface area contributed by atoms with Crippen LogP contribution >= 0.6 is 11.8 Å². The second-order valence-corrected chi connectivity index (χ2v) is 5.51. The molecule has 0 spiro atoms. The molecule has 0 unspecified atom stereocenters. The lowest BCUT2D eigenvalue weighted by atomic mass is 10.3. The van der Waals surface area contributed by atoms with E-state index in [-0.39, 0.29) is 0 Å². The van der Waals surface area contributed by atoms with Crippen LogP contribution < -0.4 is 11.2 Å². The van der Waals surface area contributed by atoms with Crippen molar-refractivity contribution in [2.45, 2.75) is 18.6 Å². The second kappa shape index (κ2) is 5.54. The van der Waals surface area contributed by atoms with Gasteiger partial charge in [-0.15, -0.1) is 6.58 Å².